The molecule has 4 rings (SSSR count). The maximum atomic E-state index is 11.5. The number of halogens is 4. The number of nitrogens with zero attached hydrogens (tertiary/aromatic N) is 3. The normalized spacial score (nSPS) is 10.8. The number of carbonyl (C=O) groups excluding carboxylic acids is 1. The van der Waals surface area contributed by atoms with Crippen LogP contribution in [0.4, 0.5) is 5.69 Å². The van der Waals surface area contributed by atoms with E-state index in [1.807, 2.05) is 12.1 Å². The second kappa shape index (κ2) is 10.4. The number of alkyl halides is 1. The summed E-state index contributed by atoms with van der Waals surface area (Å²) in [6.45, 7) is 0.269. The van der Waals surface area contributed by atoms with E-state index in [0.717, 1.165) is 5.56 Å². The fraction of sp³-hybridized carbons (Fsp3) is 0.0870. The molecule has 0 bridgehead atoms. The van der Waals surface area contributed by atoms with Crippen LogP contribution in [0.15, 0.2) is 66.7 Å². The van der Waals surface area contributed by atoms with E-state index in [4.69, 9.17) is 51.1 Å². The summed E-state index contributed by atoms with van der Waals surface area (Å²) in [5, 5.41) is 8.69. The Labute approximate surface area is 210 Å². The molecule has 1 heterocycles. The number of ether oxygens (including phenoxy) is 1. The van der Waals surface area contributed by atoms with Crippen LogP contribution in [0.1, 0.15) is 5.56 Å². The highest BCUT2D eigenvalue weighted by Gasteiger charge is 2.16. The number of aromatic nitrogens is 3. The van der Waals surface area contributed by atoms with Crippen molar-refractivity contribution in [1.29, 1.82) is 0 Å². The van der Waals surface area contributed by atoms with E-state index in [-0.39, 0.29) is 24.4 Å². The van der Waals surface area contributed by atoms with Gasteiger partial charge in [-0.2, -0.15) is 4.98 Å². The number of carbonyl (C=O) groups is 1. The Morgan fingerprint density at radius 1 is 0.939 bits per heavy atom. The SMILES string of the molecule is O=C(CCl)Nc1ccc(-n2nc(OCc3ccc(Cl)cc3)nc2-c2ccc(Cl)c(Cl)c2)cc1. The third-order valence-corrected chi connectivity index (χ3v) is 5.80. The predicted molar refractivity (Wildman–Crippen MR) is 132 cm³/mol. The fourth-order valence-corrected chi connectivity index (χ4v) is 3.46. The molecule has 0 fully saturated rings. The smallest absolute Gasteiger partial charge is 0.336 e. The molecule has 10 heteroatoms. The van der Waals surface area contributed by atoms with Gasteiger partial charge >= 0.3 is 6.01 Å². The van der Waals surface area contributed by atoms with Crippen molar-refractivity contribution >= 4 is 58.0 Å². The Bertz CT molecular complexity index is 1270. The van der Waals surface area contributed by atoms with Crippen molar-refractivity contribution in [2.75, 3.05) is 11.2 Å². The first-order chi connectivity index (χ1) is 15.9. The Morgan fingerprint density at radius 3 is 2.33 bits per heavy atom. The third-order valence-electron chi connectivity index (χ3n) is 4.56. The number of amides is 1. The molecule has 0 spiro atoms. The lowest BCUT2D eigenvalue weighted by Crippen LogP contribution is -2.12. The van der Waals surface area contributed by atoms with Crippen molar-refractivity contribution in [3.05, 3.63) is 87.4 Å². The van der Waals surface area contributed by atoms with Gasteiger partial charge in [0.25, 0.3) is 0 Å². The van der Waals surface area contributed by atoms with Crippen LogP contribution < -0.4 is 10.1 Å². The number of nitrogens with one attached hydrogen (secondary N) is 1. The van der Waals surface area contributed by atoms with Crippen LogP contribution in [0.25, 0.3) is 17.1 Å². The summed E-state index contributed by atoms with van der Waals surface area (Å²) in [4.78, 5) is 16.1. The van der Waals surface area contributed by atoms with Crippen LogP contribution in [0.5, 0.6) is 6.01 Å². The monoisotopic (exact) mass is 520 g/mol. The molecule has 4 aromatic rings. The fourth-order valence-electron chi connectivity index (χ4n) is 2.97. The van der Waals surface area contributed by atoms with Crippen LogP contribution >= 0.6 is 46.4 Å². The molecule has 168 valence electrons. The van der Waals surface area contributed by atoms with E-state index in [9.17, 15) is 4.79 Å². The Hall–Kier alpha value is -2.77. The van der Waals surface area contributed by atoms with E-state index in [0.29, 0.717) is 37.8 Å². The van der Waals surface area contributed by atoms with Gasteiger partial charge in [0.2, 0.25) is 5.91 Å². The van der Waals surface area contributed by atoms with Gasteiger partial charge in [-0.05, 0) is 60.2 Å². The molecule has 0 atom stereocenters. The molecule has 1 N–H and O–H groups in total. The highest BCUT2D eigenvalue weighted by atomic mass is 35.5. The van der Waals surface area contributed by atoms with Gasteiger partial charge in [-0.1, -0.05) is 46.9 Å². The van der Waals surface area contributed by atoms with Gasteiger partial charge in [0, 0.05) is 16.3 Å². The first kappa shape index (κ1) is 23.4. The molecule has 33 heavy (non-hydrogen) atoms. The summed E-state index contributed by atoms with van der Waals surface area (Å²) in [6.07, 6.45) is 0. The van der Waals surface area contributed by atoms with Gasteiger partial charge in [-0.3, -0.25) is 4.79 Å². The summed E-state index contributed by atoms with van der Waals surface area (Å²) in [5.41, 5.74) is 2.94. The molecule has 0 aliphatic heterocycles. The van der Waals surface area contributed by atoms with Crippen LogP contribution in [0.2, 0.25) is 15.1 Å². The van der Waals surface area contributed by atoms with E-state index >= 15 is 0 Å². The average molecular weight is 522 g/mol. The molecule has 6 nitrogen and oxygen atoms in total. The number of benzene rings is 3. The van der Waals surface area contributed by atoms with Crippen LogP contribution in [0.3, 0.4) is 0 Å². The highest BCUT2D eigenvalue weighted by Crippen LogP contribution is 2.30. The lowest BCUT2D eigenvalue weighted by Gasteiger charge is -2.08. The molecule has 1 aromatic heterocycles. The van der Waals surface area contributed by atoms with E-state index in [1.165, 1.54) is 0 Å². The Balaban J connectivity index is 1.66. The van der Waals surface area contributed by atoms with Crippen LogP contribution in [0, 0.1) is 0 Å². The molecule has 3 aromatic carbocycles. The zero-order valence-corrected chi connectivity index (χ0v) is 20.0. The van der Waals surface area contributed by atoms with Crippen LogP contribution in [-0.4, -0.2) is 26.6 Å². The van der Waals surface area contributed by atoms with E-state index in [2.05, 4.69) is 15.4 Å². The molecule has 0 radical (unpaired) electrons. The minimum absolute atomic E-state index is 0.124. The quantitative estimate of drug-likeness (QED) is 0.276. The van der Waals surface area contributed by atoms with E-state index in [1.54, 1.807) is 59.3 Å². The second-order valence-corrected chi connectivity index (χ2v) is 8.42. The van der Waals surface area contributed by atoms with Crippen molar-refractivity contribution in [1.82, 2.24) is 14.8 Å². The molecular formula is C23H16Cl4N4O2. The van der Waals surface area contributed by atoms with Gasteiger partial charge < -0.3 is 10.1 Å². The summed E-state index contributed by atoms with van der Waals surface area (Å²) in [7, 11) is 0. The first-order valence-corrected chi connectivity index (χ1v) is 11.4. The first-order valence-electron chi connectivity index (χ1n) is 9.69. The maximum absolute atomic E-state index is 11.5. The molecule has 0 aliphatic rings. The minimum atomic E-state index is -0.292. The number of hydrogen-bond acceptors (Lipinski definition) is 4. The Kier molecular flexibility index (Phi) is 7.40. The standard InChI is InChI=1S/C23H16Cl4N4O2/c24-12-21(32)28-17-6-8-18(9-7-17)31-22(15-3-10-19(26)20(27)11-15)29-23(30-31)33-13-14-1-4-16(25)5-2-14/h1-11H,12-13H2,(H,28,32). The zero-order valence-electron chi connectivity index (χ0n) is 16.9. The number of rotatable bonds is 7. The van der Waals surface area contributed by atoms with Crippen molar-refractivity contribution < 1.29 is 9.53 Å². The van der Waals surface area contributed by atoms with Crippen molar-refractivity contribution in [2.24, 2.45) is 0 Å². The Morgan fingerprint density at radius 2 is 1.67 bits per heavy atom. The average Bonchev–Trinajstić information content (AvgIpc) is 3.25. The maximum Gasteiger partial charge on any atom is 0.336 e. The number of anilines is 1. The molecular weight excluding hydrogens is 506 g/mol. The van der Waals surface area contributed by atoms with Gasteiger partial charge in [-0.25, -0.2) is 4.68 Å². The second-order valence-electron chi connectivity index (χ2n) is 6.90. The lowest BCUT2D eigenvalue weighted by atomic mass is 10.2. The zero-order chi connectivity index (χ0) is 23.4. The largest absolute Gasteiger partial charge is 0.457 e. The molecule has 0 aliphatic carbocycles. The number of hydrogen-bond donors (Lipinski definition) is 1. The van der Waals surface area contributed by atoms with Crippen molar-refractivity contribution in [3.63, 3.8) is 0 Å². The summed E-state index contributed by atoms with van der Waals surface area (Å²) >= 11 is 23.8. The topological polar surface area (TPSA) is 69.0 Å². The molecule has 0 saturated carbocycles. The highest BCUT2D eigenvalue weighted by molar-refractivity contribution is 6.42. The van der Waals surface area contributed by atoms with Crippen molar-refractivity contribution in [3.8, 4) is 23.1 Å². The molecule has 0 unspecified atom stereocenters. The van der Waals surface area contributed by atoms with Gasteiger partial charge in [0.15, 0.2) is 5.82 Å². The van der Waals surface area contributed by atoms with Gasteiger partial charge in [0.05, 0.1) is 15.7 Å². The predicted octanol–water partition coefficient (Wildman–Crippen LogP) is 6.65. The van der Waals surface area contributed by atoms with Gasteiger partial charge in [-0.15, -0.1) is 16.7 Å². The summed E-state index contributed by atoms with van der Waals surface area (Å²) in [5.74, 6) is 0.0948. The van der Waals surface area contributed by atoms with Crippen molar-refractivity contribution in [2.45, 2.75) is 6.61 Å². The summed E-state index contributed by atoms with van der Waals surface area (Å²) < 4.78 is 7.45. The molecule has 0 saturated heterocycles. The van der Waals surface area contributed by atoms with Gasteiger partial charge in [0.1, 0.15) is 12.5 Å². The summed E-state index contributed by atoms with van der Waals surface area (Å²) in [6, 6.07) is 19.8. The van der Waals surface area contributed by atoms with E-state index < -0.39 is 0 Å². The third kappa shape index (κ3) is 5.78. The lowest BCUT2D eigenvalue weighted by molar-refractivity contribution is -0.113. The molecule has 1 amide bonds. The van der Waals surface area contributed by atoms with Crippen LogP contribution in [-0.2, 0) is 11.4 Å². The minimum Gasteiger partial charge on any atom is -0.457 e.